The number of halogens is 2. The zero-order valence-corrected chi connectivity index (χ0v) is 25.2. The van der Waals surface area contributed by atoms with Gasteiger partial charge in [-0.1, -0.05) is 12.1 Å². The maximum absolute atomic E-state index is 13.2. The van der Waals surface area contributed by atoms with Gasteiger partial charge in [-0.05, 0) is 111 Å². The Balaban J connectivity index is 1.52. The van der Waals surface area contributed by atoms with Gasteiger partial charge in [0.05, 0.1) is 27.3 Å². The van der Waals surface area contributed by atoms with Crippen LogP contribution in [0.4, 0.5) is 16.2 Å². The molecule has 4 rings (SSSR count). The van der Waals surface area contributed by atoms with E-state index in [0.717, 1.165) is 16.0 Å². The molecular weight excluding hydrogens is 662 g/mol. The van der Waals surface area contributed by atoms with Gasteiger partial charge >= 0.3 is 12.0 Å². The monoisotopic (exact) mass is 683 g/mol. The summed E-state index contributed by atoms with van der Waals surface area (Å²) in [4.78, 5) is 63.3. The van der Waals surface area contributed by atoms with Crippen LogP contribution in [0.5, 0.6) is 5.75 Å². The first kappa shape index (κ1) is 29.7. The second kappa shape index (κ2) is 12.5. The highest BCUT2D eigenvalue weighted by atomic mass is 79.9. The lowest BCUT2D eigenvalue weighted by Crippen LogP contribution is -2.54. The number of hydrogen-bond acceptors (Lipinski definition) is 7. The van der Waals surface area contributed by atoms with Crippen LogP contribution in [0.3, 0.4) is 0 Å². The zero-order valence-electron chi connectivity index (χ0n) is 22.0. The number of carbonyl (C=O) groups is 5. The van der Waals surface area contributed by atoms with Gasteiger partial charge in [0, 0.05) is 5.69 Å². The SMILES string of the molecule is COC(=O)c1ccc(N2C(=O)NC(=O)/C(=C/c3cc(Br)c(OCC(=O)Nc4cccc(C)c4C)c(Br)c3)C2=O)cc1. The van der Waals surface area contributed by atoms with Gasteiger partial charge in [-0.25, -0.2) is 14.5 Å². The number of aryl methyl sites for hydroxylation is 1. The van der Waals surface area contributed by atoms with Crippen molar-refractivity contribution in [2.45, 2.75) is 13.8 Å². The molecule has 2 N–H and O–H groups in total. The number of esters is 1. The predicted molar refractivity (Wildman–Crippen MR) is 159 cm³/mol. The molecular formula is C29H23Br2N3O7. The van der Waals surface area contributed by atoms with E-state index in [4.69, 9.17) is 4.74 Å². The first-order valence-corrected chi connectivity index (χ1v) is 13.7. The third-order valence-corrected chi connectivity index (χ3v) is 7.38. The highest BCUT2D eigenvalue weighted by Crippen LogP contribution is 2.36. The van der Waals surface area contributed by atoms with Gasteiger partial charge in [0.2, 0.25) is 0 Å². The quantitative estimate of drug-likeness (QED) is 0.196. The van der Waals surface area contributed by atoms with E-state index in [2.05, 4.69) is 47.2 Å². The molecule has 1 saturated heterocycles. The Hall–Kier alpha value is -4.29. The fraction of sp³-hybridized carbons (Fsp3) is 0.138. The van der Waals surface area contributed by atoms with Gasteiger partial charge in [0.1, 0.15) is 11.3 Å². The largest absolute Gasteiger partial charge is 0.481 e. The molecule has 0 radical (unpaired) electrons. The molecule has 41 heavy (non-hydrogen) atoms. The summed E-state index contributed by atoms with van der Waals surface area (Å²) in [5.74, 6) is -2.30. The van der Waals surface area contributed by atoms with Gasteiger partial charge in [0.25, 0.3) is 17.7 Å². The van der Waals surface area contributed by atoms with Gasteiger partial charge in [0.15, 0.2) is 6.61 Å². The smallest absolute Gasteiger partial charge is 0.337 e. The van der Waals surface area contributed by atoms with Crippen LogP contribution in [-0.4, -0.2) is 43.4 Å². The molecule has 10 nitrogen and oxygen atoms in total. The Kier molecular flexibility index (Phi) is 9.04. The number of carbonyl (C=O) groups excluding carboxylic acids is 5. The number of ether oxygens (including phenoxy) is 2. The maximum Gasteiger partial charge on any atom is 0.337 e. The van der Waals surface area contributed by atoms with Crippen LogP contribution < -0.4 is 20.3 Å². The number of amides is 5. The Labute approximate surface area is 251 Å². The van der Waals surface area contributed by atoms with Crippen molar-refractivity contribution in [1.29, 1.82) is 0 Å². The number of nitrogens with zero attached hydrogens (tertiary/aromatic N) is 1. The van der Waals surface area contributed by atoms with Crippen molar-refractivity contribution in [2.75, 3.05) is 23.9 Å². The molecule has 0 atom stereocenters. The van der Waals surface area contributed by atoms with Crippen LogP contribution in [-0.2, 0) is 19.1 Å². The highest BCUT2D eigenvalue weighted by Gasteiger charge is 2.37. The van der Waals surface area contributed by atoms with Crippen LogP contribution in [0, 0.1) is 13.8 Å². The molecule has 5 amide bonds. The van der Waals surface area contributed by atoms with Crippen molar-refractivity contribution in [2.24, 2.45) is 0 Å². The van der Waals surface area contributed by atoms with E-state index in [-0.39, 0.29) is 29.3 Å². The zero-order chi connectivity index (χ0) is 29.8. The summed E-state index contributed by atoms with van der Waals surface area (Å²) >= 11 is 6.82. The summed E-state index contributed by atoms with van der Waals surface area (Å²) < 4.78 is 11.3. The molecule has 1 aliphatic heterocycles. The molecule has 0 saturated carbocycles. The van der Waals surface area contributed by atoms with E-state index in [9.17, 15) is 24.0 Å². The van der Waals surface area contributed by atoms with E-state index in [1.165, 1.54) is 37.5 Å². The van der Waals surface area contributed by atoms with Gasteiger partial charge < -0.3 is 14.8 Å². The number of rotatable bonds is 7. The fourth-order valence-corrected chi connectivity index (χ4v) is 5.39. The first-order chi connectivity index (χ1) is 19.5. The topological polar surface area (TPSA) is 131 Å². The van der Waals surface area contributed by atoms with Crippen LogP contribution >= 0.6 is 31.9 Å². The molecule has 0 spiro atoms. The fourth-order valence-electron chi connectivity index (χ4n) is 3.93. The number of barbiturate groups is 1. The number of methoxy groups -OCH3 is 1. The number of anilines is 2. The van der Waals surface area contributed by atoms with Crippen molar-refractivity contribution in [3.05, 3.63) is 91.4 Å². The summed E-state index contributed by atoms with van der Waals surface area (Å²) in [6.07, 6.45) is 1.33. The molecule has 1 fully saturated rings. The Morgan fingerprint density at radius 1 is 1.00 bits per heavy atom. The van der Waals surface area contributed by atoms with Gasteiger partial charge in [-0.3, -0.25) is 19.7 Å². The van der Waals surface area contributed by atoms with E-state index < -0.39 is 23.8 Å². The molecule has 0 bridgehead atoms. The van der Waals surface area contributed by atoms with Crippen LogP contribution in [0.15, 0.2) is 69.1 Å². The average molecular weight is 685 g/mol. The molecule has 0 aromatic heterocycles. The van der Waals surface area contributed by atoms with Crippen molar-refractivity contribution >= 4 is 79.0 Å². The van der Waals surface area contributed by atoms with Crippen molar-refractivity contribution in [3.8, 4) is 5.75 Å². The van der Waals surface area contributed by atoms with E-state index >= 15 is 0 Å². The summed E-state index contributed by atoms with van der Waals surface area (Å²) in [6.45, 7) is 3.60. The second-order valence-electron chi connectivity index (χ2n) is 8.89. The summed E-state index contributed by atoms with van der Waals surface area (Å²) in [5, 5.41) is 4.98. The minimum absolute atomic E-state index is 0.156. The number of hydrogen-bond donors (Lipinski definition) is 2. The Bertz CT molecular complexity index is 1590. The molecule has 0 unspecified atom stereocenters. The lowest BCUT2D eigenvalue weighted by atomic mass is 10.1. The molecule has 12 heteroatoms. The Morgan fingerprint density at radius 3 is 2.29 bits per heavy atom. The Morgan fingerprint density at radius 2 is 1.66 bits per heavy atom. The van der Waals surface area contributed by atoms with Gasteiger partial charge in [-0.2, -0.15) is 0 Å². The maximum atomic E-state index is 13.2. The van der Waals surface area contributed by atoms with Gasteiger partial charge in [-0.15, -0.1) is 0 Å². The average Bonchev–Trinajstić information content (AvgIpc) is 2.93. The lowest BCUT2D eigenvalue weighted by molar-refractivity contribution is -0.122. The van der Waals surface area contributed by atoms with Crippen molar-refractivity contribution in [3.63, 3.8) is 0 Å². The first-order valence-electron chi connectivity index (χ1n) is 12.1. The number of urea groups is 1. The highest BCUT2D eigenvalue weighted by molar-refractivity contribution is 9.11. The van der Waals surface area contributed by atoms with Crippen LogP contribution in [0.25, 0.3) is 6.08 Å². The third kappa shape index (κ3) is 6.55. The molecule has 210 valence electrons. The standard InChI is InChI=1S/C29H23Br2N3O7/c1-15-5-4-6-23(16(15)2)32-24(35)14-41-25-21(30)12-17(13-22(25)31)11-20-26(36)33-29(39)34(27(20)37)19-9-7-18(8-10-19)28(38)40-3/h4-13H,14H2,1-3H3,(H,32,35)(H,33,36,39)/b20-11-. The number of nitrogens with one attached hydrogen (secondary N) is 2. The number of imide groups is 2. The minimum atomic E-state index is -0.923. The van der Waals surface area contributed by atoms with Crippen LogP contribution in [0.1, 0.15) is 27.0 Å². The number of benzene rings is 3. The summed E-state index contributed by atoms with van der Waals surface area (Å²) in [5.41, 5.74) is 3.23. The third-order valence-electron chi connectivity index (χ3n) is 6.21. The summed E-state index contributed by atoms with van der Waals surface area (Å²) in [6, 6.07) is 13.5. The normalized spacial score (nSPS) is 14.1. The van der Waals surface area contributed by atoms with Crippen molar-refractivity contribution < 1.29 is 33.4 Å². The molecule has 1 aliphatic rings. The molecule has 3 aromatic rings. The minimum Gasteiger partial charge on any atom is -0.481 e. The van der Waals surface area contributed by atoms with E-state index in [1.807, 2.05) is 32.0 Å². The van der Waals surface area contributed by atoms with Crippen molar-refractivity contribution in [1.82, 2.24) is 5.32 Å². The second-order valence-corrected chi connectivity index (χ2v) is 10.6. The lowest BCUT2D eigenvalue weighted by Gasteiger charge is -2.26. The molecule has 3 aromatic carbocycles. The van der Waals surface area contributed by atoms with Crippen LogP contribution in [0.2, 0.25) is 0 Å². The molecule has 0 aliphatic carbocycles. The molecule has 1 heterocycles. The van der Waals surface area contributed by atoms with E-state index in [1.54, 1.807) is 12.1 Å². The van der Waals surface area contributed by atoms with E-state index in [0.29, 0.717) is 25.9 Å². The predicted octanol–water partition coefficient (Wildman–Crippen LogP) is 5.30. The summed E-state index contributed by atoms with van der Waals surface area (Å²) in [7, 11) is 1.24.